The van der Waals surface area contributed by atoms with Gasteiger partial charge in [-0.3, -0.25) is 0 Å². The van der Waals surface area contributed by atoms with E-state index in [2.05, 4.69) is 0 Å². The van der Waals surface area contributed by atoms with Gasteiger partial charge in [-0.05, 0) is 29.8 Å². The lowest BCUT2D eigenvalue weighted by Gasteiger charge is -2.09. The van der Waals surface area contributed by atoms with Gasteiger partial charge in [-0.2, -0.15) is 5.26 Å². The molecular formula is C14H10ClNO2. The zero-order valence-electron chi connectivity index (χ0n) is 9.43. The maximum absolute atomic E-state index is 8.98. The Labute approximate surface area is 110 Å². The van der Waals surface area contributed by atoms with Crippen molar-refractivity contribution in [1.82, 2.24) is 0 Å². The Morgan fingerprint density at radius 1 is 1.17 bits per heavy atom. The first-order valence-corrected chi connectivity index (χ1v) is 5.68. The maximum Gasteiger partial charge on any atom is 0.146 e. The van der Waals surface area contributed by atoms with Gasteiger partial charge >= 0.3 is 0 Å². The Hall–Kier alpha value is -2.02. The normalized spacial score (nSPS) is 9.83. The Balaban J connectivity index is 2.32. The summed E-state index contributed by atoms with van der Waals surface area (Å²) in [7, 11) is 0. The SMILES string of the molecule is N#Cc1ccccc1Oc1ccc(CO)cc1Cl. The minimum Gasteiger partial charge on any atom is -0.454 e. The van der Waals surface area contributed by atoms with Gasteiger partial charge in [-0.15, -0.1) is 0 Å². The van der Waals surface area contributed by atoms with Gasteiger partial charge in [0.15, 0.2) is 0 Å². The molecule has 0 spiro atoms. The van der Waals surface area contributed by atoms with Crippen molar-refractivity contribution >= 4 is 11.6 Å². The molecule has 0 fully saturated rings. The standard InChI is InChI=1S/C14H10ClNO2/c15-12-7-10(9-17)5-6-14(12)18-13-4-2-1-3-11(13)8-16/h1-7,17H,9H2. The first-order valence-electron chi connectivity index (χ1n) is 5.31. The highest BCUT2D eigenvalue weighted by molar-refractivity contribution is 6.32. The highest BCUT2D eigenvalue weighted by atomic mass is 35.5. The Morgan fingerprint density at radius 2 is 1.94 bits per heavy atom. The van der Waals surface area contributed by atoms with Gasteiger partial charge in [0.1, 0.15) is 17.6 Å². The van der Waals surface area contributed by atoms with Crippen molar-refractivity contribution in [2.45, 2.75) is 6.61 Å². The molecule has 0 amide bonds. The number of rotatable bonds is 3. The average Bonchev–Trinajstić information content (AvgIpc) is 2.41. The molecule has 0 atom stereocenters. The highest BCUT2D eigenvalue weighted by Crippen LogP contribution is 2.31. The smallest absolute Gasteiger partial charge is 0.146 e. The second-order valence-corrected chi connectivity index (χ2v) is 4.04. The summed E-state index contributed by atoms with van der Waals surface area (Å²) in [5, 5.41) is 18.3. The van der Waals surface area contributed by atoms with E-state index in [0.29, 0.717) is 27.6 Å². The van der Waals surface area contributed by atoms with Gasteiger partial charge in [0, 0.05) is 0 Å². The molecular weight excluding hydrogens is 250 g/mol. The molecule has 0 saturated heterocycles. The molecule has 90 valence electrons. The average molecular weight is 260 g/mol. The van der Waals surface area contributed by atoms with Gasteiger partial charge in [-0.25, -0.2) is 0 Å². The molecule has 2 rings (SSSR count). The maximum atomic E-state index is 8.98. The second-order valence-electron chi connectivity index (χ2n) is 3.63. The molecule has 0 aliphatic rings. The van der Waals surface area contributed by atoms with Crippen LogP contribution in [0.15, 0.2) is 42.5 Å². The first-order chi connectivity index (χ1) is 8.74. The molecule has 0 radical (unpaired) electrons. The van der Waals surface area contributed by atoms with E-state index < -0.39 is 0 Å². The number of aliphatic hydroxyl groups excluding tert-OH is 1. The van der Waals surface area contributed by atoms with E-state index in [-0.39, 0.29) is 6.61 Å². The van der Waals surface area contributed by atoms with Gasteiger partial charge in [0.05, 0.1) is 17.2 Å². The second kappa shape index (κ2) is 5.54. The number of ether oxygens (including phenoxy) is 1. The Bertz CT molecular complexity index is 605. The Morgan fingerprint density at radius 3 is 2.61 bits per heavy atom. The number of nitriles is 1. The van der Waals surface area contributed by atoms with Crippen molar-refractivity contribution in [3.05, 3.63) is 58.6 Å². The van der Waals surface area contributed by atoms with Crippen molar-refractivity contribution in [1.29, 1.82) is 5.26 Å². The van der Waals surface area contributed by atoms with Crippen molar-refractivity contribution in [3.8, 4) is 17.6 Å². The number of nitrogens with zero attached hydrogens (tertiary/aromatic N) is 1. The summed E-state index contributed by atoms with van der Waals surface area (Å²) in [5.74, 6) is 0.912. The molecule has 0 saturated carbocycles. The largest absolute Gasteiger partial charge is 0.454 e. The minimum absolute atomic E-state index is 0.0746. The summed E-state index contributed by atoms with van der Waals surface area (Å²) in [6.45, 7) is -0.0746. The van der Waals surface area contributed by atoms with Crippen LogP contribution in [0.4, 0.5) is 0 Å². The van der Waals surface area contributed by atoms with Crippen molar-refractivity contribution in [3.63, 3.8) is 0 Å². The van der Waals surface area contributed by atoms with Crippen LogP contribution in [-0.4, -0.2) is 5.11 Å². The summed E-state index contributed by atoms with van der Waals surface area (Å²) >= 11 is 6.03. The number of aliphatic hydroxyl groups is 1. The van der Waals surface area contributed by atoms with E-state index >= 15 is 0 Å². The van der Waals surface area contributed by atoms with Crippen LogP contribution < -0.4 is 4.74 Å². The van der Waals surface area contributed by atoms with Crippen LogP contribution in [0, 0.1) is 11.3 Å². The van der Waals surface area contributed by atoms with Gasteiger partial charge in [-0.1, -0.05) is 29.8 Å². The van der Waals surface area contributed by atoms with Crippen LogP contribution in [0.3, 0.4) is 0 Å². The molecule has 0 aromatic heterocycles. The van der Waals surface area contributed by atoms with Crippen LogP contribution in [0.5, 0.6) is 11.5 Å². The molecule has 0 heterocycles. The van der Waals surface area contributed by atoms with Crippen LogP contribution >= 0.6 is 11.6 Å². The van der Waals surface area contributed by atoms with Gasteiger partial charge in [0.25, 0.3) is 0 Å². The van der Waals surface area contributed by atoms with E-state index in [4.69, 9.17) is 26.7 Å². The van der Waals surface area contributed by atoms with E-state index in [0.717, 1.165) is 0 Å². The highest BCUT2D eigenvalue weighted by Gasteiger charge is 2.07. The van der Waals surface area contributed by atoms with Gasteiger partial charge < -0.3 is 9.84 Å². The molecule has 2 aromatic rings. The Kier molecular flexibility index (Phi) is 3.83. The molecule has 18 heavy (non-hydrogen) atoms. The molecule has 0 unspecified atom stereocenters. The van der Waals surface area contributed by atoms with E-state index in [1.807, 2.05) is 6.07 Å². The fourth-order valence-electron chi connectivity index (χ4n) is 1.49. The number of hydrogen-bond acceptors (Lipinski definition) is 3. The zero-order valence-corrected chi connectivity index (χ0v) is 10.2. The number of hydrogen-bond donors (Lipinski definition) is 1. The number of halogens is 1. The first kappa shape index (κ1) is 12.4. The molecule has 4 heteroatoms. The molecule has 2 aromatic carbocycles. The minimum atomic E-state index is -0.0746. The van der Waals surface area contributed by atoms with Crippen LogP contribution in [0.25, 0.3) is 0 Å². The summed E-state index contributed by atoms with van der Waals surface area (Å²) in [4.78, 5) is 0. The lowest BCUT2D eigenvalue weighted by Crippen LogP contribution is -1.90. The van der Waals surface area contributed by atoms with E-state index in [1.165, 1.54) is 0 Å². The summed E-state index contributed by atoms with van der Waals surface area (Å²) in [6, 6.07) is 14.0. The van der Waals surface area contributed by atoms with Crippen LogP contribution in [0.1, 0.15) is 11.1 Å². The lowest BCUT2D eigenvalue weighted by molar-refractivity contribution is 0.281. The molecule has 0 bridgehead atoms. The van der Waals surface area contributed by atoms with Crippen molar-refractivity contribution < 1.29 is 9.84 Å². The van der Waals surface area contributed by atoms with Crippen LogP contribution in [0.2, 0.25) is 5.02 Å². The number of para-hydroxylation sites is 1. The summed E-state index contributed by atoms with van der Waals surface area (Å²) < 4.78 is 5.59. The fraction of sp³-hybridized carbons (Fsp3) is 0.0714. The fourth-order valence-corrected chi connectivity index (χ4v) is 1.73. The van der Waals surface area contributed by atoms with E-state index in [9.17, 15) is 0 Å². The summed E-state index contributed by atoms with van der Waals surface area (Å²) in [6.07, 6.45) is 0. The molecule has 0 aliphatic carbocycles. The third-order valence-corrected chi connectivity index (χ3v) is 2.70. The quantitative estimate of drug-likeness (QED) is 0.918. The third kappa shape index (κ3) is 2.62. The van der Waals surface area contributed by atoms with Crippen molar-refractivity contribution in [2.24, 2.45) is 0 Å². The van der Waals surface area contributed by atoms with Crippen LogP contribution in [-0.2, 0) is 6.61 Å². The lowest BCUT2D eigenvalue weighted by atomic mass is 10.2. The van der Waals surface area contributed by atoms with Crippen molar-refractivity contribution in [2.75, 3.05) is 0 Å². The van der Waals surface area contributed by atoms with Gasteiger partial charge in [0.2, 0.25) is 0 Å². The summed E-state index contributed by atoms with van der Waals surface area (Å²) in [5.41, 5.74) is 1.15. The predicted molar refractivity (Wildman–Crippen MR) is 68.6 cm³/mol. The third-order valence-electron chi connectivity index (χ3n) is 2.41. The molecule has 0 aliphatic heterocycles. The molecule has 1 N–H and O–H groups in total. The van der Waals surface area contributed by atoms with E-state index in [1.54, 1.807) is 42.5 Å². The monoisotopic (exact) mass is 259 g/mol. The molecule has 3 nitrogen and oxygen atoms in total. The zero-order chi connectivity index (χ0) is 13.0. The topological polar surface area (TPSA) is 53.2 Å². The predicted octanol–water partition coefficient (Wildman–Crippen LogP) is 3.50. The number of benzene rings is 2.